The molecule has 0 amide bonds. The van der Waals surface area contributed by atoms with E-state index in [4.69, 9.17) is 0 Å². The van der Waals surface area contributed by atoms with E-state index < -0.39 is 0 Å². The van der Waals surface area contributed by atoms with Gasteiger partial charge in [0, 0.05) is 9.58 Å². The number of fused-ring (bicyclic) bond motifs is 4. The van der Waals surface area contributed by atoms with Crippen LogP contribution in [0.2, 0.25) is 0 Å². The molecule has 0 saturated heterocycles. The molecule has 7 aromatic carbocycles. The maximum absolute atomic E-state index is 3.86. The van der Waals surface area contributed by atoms with Crippen molar-refractivity contribution in [2.24, 2.45) is 0 Å². The van der Waals surface area contributed by atoms with E-state index in [9.17, 15) is 0 Å². The lowest BCUT2D eigenvalue weighted by atomic mass is 9.84. The van der Waals surface area contributed by atoms with Crippen LogP contribution < -0.4 is 0 Å². The van der Waals surface area contributed by atoms with Gasteiger partial charge >= 0.3 is 0 Å². The first-order chi connectivity index (χ1) is 21.7. The molecule has 0 radical (unpaired) electrons. The minimum absolute atomic E-state index is 1.24. The van der Waals surface area contributed by atoms with E-state index in [0.717, 1.165) is 0 Å². The van der Waals surface area contributed by atoms with Crippen LogP contribution >= 0.6 is 11.3 Å². The van der Waals surface area contributed by atoms with Gasteiger partial charge in [-0.2, -0.15) is 0 Å². The molecular weight excluding hydrogens is 549 g/mol. The van der Waals surface area contributed by atoms with E-state index in [1.807, 2.05) is 23.5 Å². The van der Waals surface area contributed by atoms with Gasteiger partial charge in [-0.25, -0.2) is 0 Å². The van der Waals surface area contributed by atoms with Gasteiger partial charge in [-0.05, 0) is 102 Å². The van der Waals surface area contributed by atoms with Crippen molar-refractivity contribution in [3.05, 3.63) is 163 Å². The van der Waals surface area contributed by atoms with Crippen LogP contribution in [0, 0.1) is 6.92 Å². The van der Waals surface area contributed by atoms with Crippen LogP contribution in [0.4, 0.5) is 0 Å². The molecule has 8 rings (SSSR count). The summed E-state index contributed by atoms with van der Waals surface area (Å²) in [6, 6.07) is 49.1. The Bertz CT molecular complexity index is 2350. The predicted molar refractivity (Wildman–Crippen MR) is 195 cm³/mol. The van der Waals surface area contributed by atoms with Crippen molar-refractivity contribution in [1.29, 1.82) is 0 Å². The Kier molecular flexibility index (Phi) is 6.47. The summed E-state index contributed by atoms with van der Waals surface area (Å²) in [5, 5.41) is 8.91. The molecule has 0 aliphatic rings. The monoisotopic (exact) mass is 578 g/mol. The molecule has 1 heteroatoms. The lowest BCUT2D eigenvalue weighted by Crippen LogP contribution is -1.92. The molecule has 0 bridgehead atoms. The highest BCUT2D eigenvalue weighted by atomic mass is 32.1. The molecular formula is C43H30S. The summed E-state index contributed by atoms with van der Waals surface area (Å²) in [6.07, 6.45) is 6.04. The second-order valence-corrected chi connectivity index (χ2v) is 12.6. The Balaban J connectivity index is 1.43. The van der Waals surface area contributed by atoms with Crippen molar-refractivity contribution in [2.45, 2.75) is 6.92 Å². The van der Waals surface area contributed by atoms with Gasteiger partial charge in [-0.15, -0.1) is 11.3 Å². The van der Waals surface area contributed by atoms with Gasteiger partial charge in [0.05, 0.1) is 0 Å². The molecule has 208 valence electrons. The smallest absolute Gasteiger partial charge is 0.0357 e. The Labute approximate surface area is 261 Å². The lowest BCUT2D eigenvalue weighted by molar-refractivity contribution is 1.61. The van der Waals surface area contributed by atoms with Crippen molar-refractivity contribution >= 4 is 59.8 Å². The third-order valence-corrected chi connectivity index (χ3v) is 9.85. The van der Waals surface area contributed by atoms with Crippen molar-refractivity contribution < 1.29 is 0 Å². The molecule has 0 unspecified atom stereocenters. The fourth-order valence-electron chi connectivity index (χ4n) is 6.83. The average Bonchev–Trinajstić information content (AvgIpc) is 3.39. The highest BCUT2D eigenvalue weighted by Crippen LogP contribution is 2.46. The molecule has 0 spiro atoms. The van der Waals surface area contributed by atoms with Gasteiger partial charge in [0.25, 0.3) is 0 Å². The average molecular weight is 579 g/mol. The van der Waals surface area contributed by atoms with Crippen LogP contribution in [0.3, 0.4) is 0 Å². The van der Waals surface area contributed by atoms with E-state index in [1.165, 1.54) is 86.2 Å². The van der Waals surface area contributed by atoms with Crippen LogP contribution in [0.25, 0.3) is 81.9 Å². The molecule has 0 aliphatic carbocycles. The molecule has 0 nitrogen and oxygen atoms in total. The molecule has 0 saturated carbocycles. The van der Waals surface area contributed by atoms with Crippen molar-refractivity contribution in [3.8, 4) is 33.4 Å². The quantitative estimate of drug-likeness (QED) is 0.141. The van der Waals surface area contributed by atoms with Crippen molar-refractivity contribution in [2.75, 3.05) is 0 Å². The molecule has 44 heavy (non-hydrogen) atoms. The zero-order chi connectivity index (χ0) is 29.6. The SMILES string of the molecule is C=C/C=C\c1c(C)sc2cc(-c3cc(-c4c5ccccc5c(-c5ccccc5)c5ccccc45)cc4ccccc34)ccc12. The van der Waals surface area contributed by atoms with Gasteiger partial charge < -0.3 is 0 Å². The second kappa shape index (κ2) is 10.8. The predicted octanol–water partition coefficient (Wildman–Crippen LogP) is 12.9. The van der Waals surface area contributed by atoms with Gasteiger partial charge in [0.2, 0.25) is 0 Å². The normalized spacial score (nSPS) is 11.8. The van der Waals surface area contributed by atoms with Crippen LogP contribution in [-0.2, 0) is 0 Å². The number of aryl methyl sites for hydroxylation is 1. The maximum Gasteiger partial charge on any atom is 0.0357 e. The van der Waals surface area contributed by atoms with Gasteiger partial charge in [-0.1, -0.05) is 140 Å². The first-order valence-electron chi connectivity index (χ1n) is 15.1. The summed E-state index contributed by atoms with van der Waals surface area (Å²) >= 11 is 1.86. The third-order valence-electron chi connectivity index (χ3n) is 8.77. The molecule has 0 fully saturated rings. The largest absolute Gasteiger partial charge is 0.140 e. The number of allylic oxidation sites excluding steroid dienone is 2. The molecule has 1 heterocycles. The summed E-state index contributed by atoms with van der Waals surface area (Å²) in [4.78, 5) is 1.32. The fourth-order valence-corrected chi connectivity index (χ4v) is 7.92. The van der Waals surface area contributed by atoms with Crippen LogP contribution in [0.5, 0.6) is 0 Å². The van der Waals surface area contributed by atoms with Crippen molar-refractivity contribution in [1.82, 2.24) is 0 Å². The van der Waals surface area contributed by atoms with Gasteiger partial charge in [0.1, 0.15) is 0 Å². The third kappa shape index (κ3) is 4.28. The standard InChI is InChI=1S/C43H30S/c1-3-4-17-33-28(2)44-41-27-31(23-24-35(33)41)40-26-32(25-30-16-8-9-18-34(30)40)43-38-21-12-10-19-36(38)42(29-14-6-5-7-15-29)37-20-11-13-22-39(37)43/h3-27H,1H2,2H3/b17-4-. The van der Waals surface area contributed by atoms with E-state index in [-0.39, 0.29) is 0 Å². The second-order valence-electron chi connectivity index (χ2n) is 11.3. The summed E-state index contributed by atoms with van der Waals surface area (Å²) in [5.74, 6) is 0. The maximum atomic E-state index is 3.86. The molecule has 8 aromatic rings. The summed E-state index contributed by atoms with van der Waals surface area (Å²) in [6.45, 7) is 6.07. The Morgan fingerprint density at radius 3 is 1.77 bits per heavy atom. The van der Waals surface area contributed by atoms with Crippen LogP contribution in [0.1, 0.15) is 10.4 Å². The first-order valence-corrected chi connectivity index (χ1v) is 15.9. The van der Waals surface area contributed by atoms with Gasteiger partial charge in [-0.3, -0.25) is 0 Å². The summed E-state index contributed by atoms with van der Waals surface area (Å²) in [7, 11) is 0. The zero-order valence-electron chi connectivity index (χ0n) is 24.5. The summed E-state index contributed by atoms with van der Waals surface area (Å²) in [5.41, 5.74) is 8.84. The van der Waals surface area contributed by atoms with E-state index in [0.29, 0.717) is 0 Å². The Morgan fingerprint density at radius 1 is 0.523 bits per heavy atom. The fraction of sp³-hybridized carbons (Fsp3) is 0.0233. The molecule has 0 aliphatic heterocycles. The van der Waals surface area contributed by atoms with Crippen LogP contribution in [0.15, 0.2) is 152 Å². The molecule has 0 N–H and O–H groups in total. The van der Waals surface area contributed by atoms with Gasteiger partial charge in [0.15, 0.2) is 0 Å². The number of thiophene rings is 1. The molecule has 1 aromatic heterocycles. The van der Waals surface area contributed by atoms with Crippen LogP contribution in [-0.4, -0.2) is 0 Å². The number of hydrogen-bond acceptors (Lipinski definition) is 1. The van der Waals surface area contributed by atoms with E-state index in [1.54, 1.807) is 0 Å². The minimum atomic E-state index is 1.24. The number of rotatable bonds is 5. The number of hydrogen-bond donors (Lipinski definition) is 0. The highest BCUT2D eigenvalue weighted by molar-refractivity contribution is 7.19. The highest BCUT2D eigenvalue weighted by Gasteiger charge is 2.18. The Hall–Kier alpha value is -5.24. The zero-order valence-corrected chi connectivity index (χ0v) is 25.4. The summed E-state index contributed by atoms with van der Waals surface area (Å²) < 4.78 is 1.31. The number of benzene rings is 7. The van der Waals surface area contributed by atoms with E-state index >= 15 is 0 Å². The molecule has 0 atom stereocenters. The van der Waals surface area contributed by atoms with Crippen molar-refractivity contribution in [3.63, 3.8) is 0 Å². The minimum Gasteiger partial charge on any atom is -0.140 e. The van der Waals surface area contributed by atoms with E-state index in [2.05, 4.69) is 153 Å². The Morgan fingerprint density at radius 2 is 1.11 bits per heavy atom. The topological polar surface area (TPSA) is 0 Å². The lowest BCUT2D eigenvalue weighted by Gasteiger charge is -2.19. The first kappa shape index (κ1) is 26.4.